The first-order valence-corrected chi connectivity index (χ1v) is 16.2. The molecule has 0 unspecified atom stereocenters. The molecule has 214 valence electrons. The summed E-state index contributed by atoms with van der Waals surface area (Å²) in [5, 5.41) is 17.6. The minimum atomic E-state index is -3.68. The minimum Gasteiger partial charge on any atom is -0.437 e. The number of thioether (sulfide) groups is 1. The third-order valence-corrected chi connectivity index (χ3v) is 9.44. The highest BCUT2D eigenvalue weighted by atomic mass is 32.2. The quantitative estimate of drug-likeness (QED) is 0.340. The van der Waals surface area contributed by atoms with E-state index >= 15 is 0 Å². The van der Waals surface area contributed by atoms with Gasteiger partial charge in [0.05, 0.1) is 21.6 Å². The molecule has 3 N–H and O–H groups in total. The number of rotatable bonds is 8. The largest absolute Gasteiger partial charge is 0.437 e. The zero-order chi connectivity index (χ0) is 29.0. The number of hydrogen-bond donors (Lipinski definition) is 2. The Morgan fingerprint density at radius 1 is 1.17 bits per heavy atom. The van der Waals surface area contributed by atoms with Gasteiger partial charge in [-0.15, -0.1) is 11.8 Å². The second-order valence-corrected chi connectivity index (χ2v) is 13.2. The van der Waals surface area contributed by atoms with Crippen LogP contribution < -0.4 is 15.2 Å². The molecule has 1 saturated heterocycles. The van der Waals surface area contributed by atoms with Gasteiger partial charge in [0.15, 0.2) is 0 Å². The molecule has 41 heavy (non-hydrogen) atoms. The molecule has 3 heterocycles. The van der Waals surface area contributed by atoms with Crippen molar-refractivity contribution in [3.05, 3.63) is 70.4 Å². The van der Waals surface area contributed by atoms with Gasteiger partial charge in [-0.25, -0.2) is 18.5 Å². The van der Waals surface area contributed by atoms with Crippen LogP contribution in [0.15, 0.2) is 52.3 Å². The number of ether oxygens (including phenoxy) is 1. The fourth-order valence-corrected chi connectivity index (χ4v) is 6.80. The monoisotopic (exact) mass is 590 g/mol. The maximum atomic E-state index is 11.5. The van der Waals surface area contributed by atoms with Crippen molar-refractivity contribution in [2.45, 2.75) is 61.9 Å². The number of likely N-dealkylation sites (tertiary alicyclic amines) is 1. The average Bonchev–Trinajstić information content (AvgIpc) is 2.94. The van der Waals surface area contributed by atoms with Gasteiger partial charge in [0.25, 0.3) is 0 Å². The Morgan fingerprint density at radius 3 is 2.54 bits per heavy atom. The molecule has 2 aliphatic rings. The number of aromatic nitrogens is 2. The lowest BCUT2D eigenvalue weighted by Gasteiger charge is -2.32. The molecule has 1 aromatic heterocycles. The van der Waals surface area contributed by atoms with Gasteiger partial charge >= 0.3 is 0 Å². The first-order chi connectivity index (χ1) is 19.7. The van der Waals surface area contributed by atoms with Gasteiger partial charge in [-0.05, 0) is 97.9 Å². The SMILES string of the molecule is Cc1cc(/C=C/C#N)cc(C)c1Oc1nc(NC2CCN(Cc3ccc(S(N)(=O)=O)cc3)CC2)nc2c1SCCC2. The van der Waals surface area contributed by atoms with Crippen LogP contribution in [0.3, 0.4) is 0 Å². The molecule has 2 aromatic carbocycles. The smallest absolute Gasteiger partial charge is 0.238 e. The van der Waals surface area contributed by atoms with E-state index in [1.54, 1.807) is 30.0 Å². The summed E-state index contributed by atoms with van der Waals surface area (Å²) in [6.07, 6.45) is 7.12. The molecule has 0 bridgehead atoms. The van der Waals surface area contributed by atoms with Crippen LogP contribution in [0.1, 0.15) is 47.2 Å². The standard InChI is InChI=1S/C30H34N6O3S2/c1-20-17-23(5-3-13-31)18-21(2)27(20)39-29-28-26(6-4-16-40-28)34-30(35-29)33-24-11-14-36(15-12-24)19-22-7-9-25(10-8-22)41(32,37)38/h3,5,7-10,17-18,24H,4,6,11-12,14-16,19H2,1-2H3,(H2,32,37,38)(H,33,34,35)/b5-3+. The molecule has 0 atom stereocenters. The van der Waals surface area contributed by atoms with Crippen molar-refractivity contribution in [1.82, 2.24) is 14.9 Å². The first-order valence-electron chi connectivity index (χ1n) is 13.7. The van der Waals surface area contributed by atoms with E-state index in [2.05, 4.69) is 10.2 Å². The van der Waals surface area contributed by atoms with Gasteiger partial charge in [-0.3, -0.25) is 4.90 Å². The number of aryl methyl sites for hydroxylation is 3. The molecule has 0 aliphatic carbocycles. The molecule has 11 heteroatoms. The molecular weight excluding hydrogens is 557 g/mol. The van der Waals surface area contributed by atoms with Crippen LogP contribution in [0, 0.1) is 25.2 Å². The van der Waals surface area contributed by atoms with E-state index in [9.17, 15) is 8.42 Å². The molecule has 9 nitrogen and oxygen atoms in total. The first kappa shape index (κ1) is 29.1. The Hall–Kier alpha value is -3.43. The summed E-state index contributed by atoms with van der Waals surface area (Å²) in [6.45, 7) is 6.59. The van der Waals surface area contributed by atoms with Crippen LogP contribution in [-0.2, 0) is 23.0 Å². The fourth-order valence-electron chi connectivity index (χ4n) is 5.27. The van der Waals surface area contributed by atoms with Crippen molar-refractivity contribution in [2.24, 2.45) is 5.14 Å². The minimum absolute atomic E-state index is 0.131. The number of nitrogens with zero attached hydrogens (tertiary/aromatic N) is 4. The zero-order valence-electron chi connectivity index (χ0n) is 23.3. The third-order valence-electron chi connectivity index (χ3n) is 7.32. The van der Waals surface area contributed by atoms with Gasteiger partial charge in [0, 0.05) is 31.8 Å². The predicted octanol–water partition coefficient (Wildman–Crippen LogP) is 5.18. The summed E-state index contributed by atoms with van der Waals surface area (Å²) in [5.74, 6) is 2.98. The number of benzene rings is 2. The van der Waals surface area contributed by atoms with Crippen LogP contribution >= 0.6 is 11.8 Å². The number of nitrogens with two attached hydrogens (primary N) is 1. The number of fused-ring (bicyclic) bond motifs is 1. The Kier molecular flexibility index (Phi) is 8.94. The molecule has 0 saturated carbocycles. The van der Waals surface area contributed by atoms with Crippen LogP contribution in [-0.4, -0.2) is 48.2 Å². The molecule has 3 aromatic rings. The van der Waals surface area contributed by atoms with Crippen molar-refractivity contribution in [1.29, 1.82) is 5.26 Å². The summed E-state index contributed by atoms with van der Waals surface area (Å²) >= 11 is 1.75. The molecule has 2 aliphatic heterocycles. The molecule has 1 fully saturated rings. The van der Waals surface area contributed by atoms with Crippen molar-refractivity contribution in [3.63, 3.8) is 0 Å². The number of nitriles is 1. The van der Waals surface area contributed by atoms with E-state index < -0.39 is 10.0 Å². The summed E-state index contributed by atoms with van der Waals surface area (Å²) in [5.41, 5.74) is 5.01. The molecule has 0 spiro atoms. The summed E-state index contributed by atoms with van der Waals surface area (Å²) < 4.78 is 29.5. The average molecular weight is 591 g/mol. The van der Waals surface area contributed by atoms with E-state index in [0.717, 1.165) is 89.7 Å². The van der Waals surface area contributed by atoms with Crippen LogP contribution in [0.5, 0.6) is 11.6 Å². The number of allylic oxidation sites excluding steroid dienone is 1. The Labute approximate surface area is 245 Å². The Bertz CT molecular complexity index is 1570. The van der Waals surface area contributed by atoms with Gasteiger partial charge in [-0.1, -0.05) is 12.1 Å². The number of hydrogen-bond acceptors (Lipinski definition) is 9. The highest BCUT2D eigenvalue weighted by molar-refractivity contribution is 7.99. The van der Waals surface area contributed by atoms with Crippen molar-refractivity contribution >= 4 is 33.8 Å². The van der Waals surface area contributed by atoms with E-state index in [4.69, 9.17) is 25.1 Å². The summed E-state index contributed by atoms with van der Waals surface area (Å²) in [4.78, 5) is 13.2. The fraction of sp³-hybridized carbons (Fsp3) is 0.367. The Balaban J connectivity index is 1.26. The molecule has 5 rings (SSSR count). The van der Waals surface area contributed by atoms with E-state index in [-0.39, 0.29) is 10.9 Å². The van der Waals surface area contributed by atoms with Crippen LogP contribution in [0.2, 0.25) is 0 Å². The maximum absolute atomic E-state index is 11.5. The van der Waals surface area contributed by atoms with Gasteiger partial charge in [-0.2, -0.15) is 10.2 Å². The van der Waals surface area contributed by atoms with E-state index in [1.807, 2.05) is 44.2 Å². The van der Waals surface area contributed by atoms with Crippen molar-refractivity contribution in [2.75, 3.05) is 24.2 Å². The number of sulfonamides is 1. The third kappa shape index (κ3) is 7.26. The lowest BCUT2D eigenvalue weighted by molar-refractivity contribution is 0.211. The number of piperidine rings is 1. The van der Waals surface area contributed by atoms with Crippen molar-refractivity contribution in [3.8, 4) is 17.7 Å². The topological polar surface area (TPSA) is 134 Å². The van der Waals surface area contributed by atoms with E-state index in [0.29, 0.717) is 11.8 Å². The highest BCUT2D eigenvalue weighted by Gasteiger charge is 2.24. The maximum Gasteiger partial charge on any atom is 0.238 e. The summed E-state index contributed by atoms with van der Waals surface area (Å²) in [7, 11) is -3.68. The molecular formula is C30H34N6O3S2. The van der Waals surface area contributed by atoms with Gasteiger partial charge in [0.2, 0.25) is 21.9 Å². The number of primary sulfonamides is 1. The predicted molar refractivity (Wildman–Crippen MR) is 161 cm³/mol. The normalized spacial score (nSPS) is 16.3. The van der Waals surface area contributed by atoms with Crippen molar-refractivity contribution < 1.29 is 13.2 Å². The van der Waals surface area contributed by atoms with Gasteiger partial charge in [0.1, 0.15) is 5.75 Å². The second kappa shape index (κ2) is 12.6. The zero-order valence-corrected chi connectivity index (χ0v) is 24.9. The van der Waals surface area contributed by atoms with Crippen LogP contribution in [0.25, 0.3) is 6.08 Å². The van der Waals surface area contributed by atoms with E-state index in [1.165, 1.54) is 6.08 Å². The van der Waals surface area contributed by atoms with Gasteiger partial charge < -0.3 is 10.1 Å². The Morgan fingerprint density at radius 2 is 1.88 bits per heavy atom. The second-order valence-electron chi connectivity index (χ2n) is 10.5. The lowest BCUT2D eigenvalue weighted by atomic mass is 10.0. The summed E-state index contributed by atoms with van der Waals surface area (Å²) in [6, 6.07) is 13.1. The lowest BCUT2D eigenvalue weighted by Crippen LogP contribution is -2.39. The number of anilines is 1. The molecule has 0 radical (unpaired) electrons. The highest BCUT2D eigenvalue weighted by Crippen LogP contribution is 2.40. The number of nitrogens with one attached hydrogen (secondary N) is 1. The molecule has 0 amide bonds. The van der Waals surface area contributed by atoms with Crippen LogP contribution in [0.4, 0.5) is 5.95 Å².